The average Bonchev–Trinajstić information content (AvgIpc) is 2.94. The molecule has 2 aromatic rings. The van der Waals surface area contributed by atoms with Crippen molar-refractivity contribution in [3.8, 4) is 5.75 Å². The Balaban J connectivity index is 2.00. The fourth-order valence-corrected chi connectivity index (χ4v) is 2.03. The Kier molecular flexibility index (Phi) is 5.34. The van der Waals surface area contributed by atoms with Gasteiger partial charge in [-0.25, -0.2) is 5.84 Å². The molecule has 6 heteroatoms. The lowest BCUT2D eigenvalue weighted by Crippen LogP contribution is -2.31. The zero-order chi connectivity index (χ0) is 15.1. The molecule has 21 heavy (non-hydrogen) atoms. The number of nitrogens with two attached hydrogens (primary N) is 1. The minimum Gasteiger partial charge on any atom is -0.486 e. The molecule has 1 aromatic carbocycles. The molecule has 1 heterocycles. The molecule has 3 N–H and O–H groups in total. The van der Waals surface area contributed by atoms with Crippen molar-refractivity contribution in [3.05, 3.63) is 47.8 Å². The number of hydrazine groups is 1. The number of ether oxygens (including phenoxy) is 1. The van der Waals surface area contributed by atoms with E-state index in [0.717, 1.165) is 29.8 Å². The number of carbonyl (C=O) groups excluding carboxylic acids is 1. The van der Waals surface area contributed by atoms with Gasteiger partial charge in [-0.15, -0.1) is 0 Å². The van der Waals surface area contributed by atoms with Crippen molar-refractivity contribution >= 4 is 5.91 Å². The van der Waals surface area contributed by atoms with Gasteiger partial charge in [-0.2, -0.15) is 5.10 Å². The fourth-order valence-electron chi connectivity index (χ4n) is 2.03. The van der Waals surface area contributed by atoms with Crippen LogP contribution in [0.25, 0.3) is 0 Å². The first-order valence-electron chi connectivity index (χ1n) is 6.94. The van der Waals surface area contributed by atoms with Crippen LogP contribution in [0.15, 0.2) is 36.7 Å². The van der Waals surface area contributed by atoms with Crippen LogP contribution in [-0.2, 0) is 24.4 Å². The van der Waals surface area contributed by atoms with Crippen molar-refractivity contribution in [2.24, 2.45) is 5.84 Å². The van der Waals surface area contributed by atoms with Gasteiger partial charge in [-0.05, 0) is 17.5 Å². The minimum atomic E-state index is -0.224. The predicted molar refractivity (Wildman–Crippen MR) is 79.3 cm³/mol. The molecule has 1 aromatic heterocycles. The van der Waals surface area contributed by atoms with Gasteiger partial charge in [0.05, 0.1) is 18.8 Å². The van der Waals surface area contributed by atoms with Gasteiger partial charge in [0.2, 0.25) is 5.91 Å². The zero-order valence-electron chi connectivity index (χ0n) is 12.1. The lowest BCUT2D eigenvalue weighted by atomic mass is 10.1. The molecule has 0 fully saturated rings. The molecule has 0 unspecified atom stereocenters. The molecule has 0 aliphatic heterocycles. The molecule has 0 aliphatic rings. The van der Waals surface area contributed by atoms with E-state index in [9.17, 15) is 4.79 Å². The molecule has 0 bridgehead atoms. The van der Waals surface area contributed by atoms with Gasteiger partial charge in [-0.1, -0.05) is 31.2 Å². The molecule has 2 rings (SSSR count). The summed E-state index contributed by atoms with van der Waals surface area (Å²) in [4.78, 5) is 11.4. The Morgan fingerprint density at radius 1 is 1.38 bits per heavy atom. The van der Waals surface area contributed by atoms with E-state index in [2.05, 4.69) is 17.4 Å². The first-order chi connectivity index (χ1) is 10.2. The lowest BCUT2D eigenvalue weighted by molar-refractivity contribution is -0.120. The van der Waals surface area contributed by atoms with E-state index in [0.29, 0.717) is 6.61 Å². The highest BCUT2D eigenvalue weighted by atomic mass is 16.5. The smallest absolute Gasteiger partial charge is 0.238 e. The molecule has 0 radical (unpaired) electrons. The molecule has 0 atom stereocenters. The fraction of sp³-hybridized carbons (Fsp3) is 0.333. The Hall–Kier alpha value is -2.34. The molecule has 112 valence electrons. The Morgan fingerprint density at radius 3 is 2.86 bits per heavy atom. The summed E-state index contributed by atoms with van der Waals surface area (Å²) >= 11 is 0. The second-order valence-corrected chi connectivity index (χ2v) is 4.74. The third-order valence-corrected chi connectivity index (χ3v) is 3.09. The normalized spacial score (nSPS) is 10.4. The van der Waals surface area contributed by atoms with Crippen LogP contribution in [0.1, 0.15) is 24.5 Å². The molecule has 0 aliphatic carbocycles. The number of nitrogens with zero attached hydrogens (tertiary/aromatic N) is 2. The average molecular weight is 288 g/mol. The molecule has 0 spiro atoms. The summed E-state index contributed by atoms with van der Waals surface area (Å²) in [5, 5.41) is 4.21. The summed E-state index contributed by atoms with van der Waals surface area (Å²) in [6.07, 6.45) is 4.84. The number of rotatable bonds is 7. The molecular formula is C15H20N4O2. The lowest BCUT2D eigenvalue weighted by Gasteiger charge is -2.09. The number of amides is 1. The van der Waals surface area contributed by atoms with E-state index in [1.165, 1.54) is 0 Å². The topological polar surface area (TPSA) is 82.2 Å². The third-order valence-electron chi connectivity index (χ3n) is 3.09. The predicted octanol–water partition coefficient (Wildman–Crippen LogP) is 1.40. The van der Waals surface area contributed by atoms with E-state index >= 15 is 0 Å². The van der Waals surface area contributed by atoms with Crippen molar-refractivity contribution in [1.29, 1.82) is 0 Å². The molecule has 0 saturated carbocycles. The van der Waals surface area contributed by atoms with Crippen LogP contribution in [0.4, 0.5) is 0 Å². The number of benzene rings is 1. The van der Waals surface area contributed by atoms with Gasteiger partial charge < -0.3 is 4.74 Å². The van der Waals surface area contributed by atoms with Gasteiger partial charge in [-0.3, -0.25) is 14.9 Å². The Bertz CT molecular complexity index is 595. The zero-order valence-corrected chi connectivity index (χ0v) is 12.1. The van der Waals surface area contributed by atoms with E-state index in [1.54, 1.807) is 6.20 Å². The monoisotopic (exact) mass is 288 g/mol. The standard InChI is InChI=1S/C15H20N4O2/c1-2-7-19-10-14(9-17-19)21-11-13-6-4-3-5-12(13)8-15(20)18-16/h3-6,9-10H,2,7-8,11,16H2,1H3,(H,18,20). The molecular weight excluding hydrogens is 268 g/mol. The number of aromatic nitrogens is 2. The van der Waals surface area contributed by atoms with Crippen molar-refractivity contribution in [3.63, 3.8) is 0 Å². The van der Waals surface area contributed by atoms with Crippen LogP contribution >= 0.6 is 0 Å². The highest BCUT2D eigenvalue weighted by Gasteiger charge is 2.08. The maximum Gasteiger partial charge on any atom is 0.238 e. The summed E-state index contributed by atoms with van der Waals surface area (Å²) in [5.74, 6) is 5.62. The highest BCUT2D eigenvalue weighted by molar-refractivity contribution is 5.78. The van der Waals surface area contributed by atoms with Gasteiger partial charge in [0.1, 0.15) is 6.61 Å². The van der Waals surface area contributed by atoms with Gasteiger partial charge in [0.15, 0.2) is 5.75 Å². The third kappa shape index (κ3) is 4.32. The summed E-state index contributed by atoms with van der Waals surface area (Å²) in [7, 11) is 0. The largest absolute Gasteiger partial charge is 0.486 e. The minimum absolute atomic E-state index is 0.224. The van der Waals surface area contributed by atoms with Crippen molar-refractivity contribution in [2.45, 2.75) is 32.9 Å². The van der Waals surface area contributed by atoms with Crippen LogP contribution in [0.3, 0.4) is 0 Å². The Morgan fingerprint density at radius 2 is 2.14 bits per heavy atom. The van der Waals surface area contributed by atoms with Crippen LogP contribution in [0.5, 0.6) is 5.75 Å². The Labute approximate surface area is 123 Å². The van der Waals surface area contributed by atoms with E-state index in [1.807, 2.05) is 35.1 Å². The van der Waals surface area contributed by atoms with Crippen LogP contribution in [0, 0.1) is 0 Å². The van der Waals surface area contributed by atoms with E-state index in [4.69, 9.17) is 10.6 Å². The summed E-state index contributed by atoms with van der Waals surface area (Å²) < 4.78 is 7.58. The second kappa shape index (κ2) is 7.44. The van der Waals surface area contributed by atoms with E-state index < -0.39 is 0 Å². The van der Waals surface area contributed by atoms with Gasteiger partial charge >= 0.3 is 0 Å². The van der Waals surface area contributed by atoms with Gasteiger partial charge in [0, 0.05) is 6.54 Å². The first-order valence-corrected chi connectivity index (χ1v) is 6.94. The number of carbonyl (C=O) groups is 1. The van der Waals surface area contributed by atoms with Crippen LogP contribution in [-0.4, -0.2) is 15.7 Å². The van der Waals surface area contributed by atoms with E-state index in [-0.39, 0.29) is 12.3 Å². The van der Waals surface area contributed by atoms with Crippen molar-refractivity contribution in [2.75, 3.05) is 0 Å². The maximum atomic E-state index is 11.4. The number of hydrogen-bond acceptors (Lipinski definition) is 4. The SMILES string of the molecule is CCCn1cc(OCc2ccccc2CC(=O)NN)cn1. The van der Waals surface area contributed by atoms with Crippen LogP contribution < -0.4 is 16.0 Å². The van der Waals surface area contributed by atoms with Gasteiger partial charge in [0.25, 0.3) is 0 Å². The molecule has 1 amide bonds. The molecule has 6 nitrogen and oxygen atoms in total. The quantitative estimate of drug-likeness (QED) is 0.458. The van der Waals surface area contributed by atoms with Crippen molar-refractivity contribution in [1.82, 2.24) is 15.2 Å². The number of aryl methyl sites for hydroxylation is 1. The summed E-state index contributed by atoms with van der Waals surface area (Å²) in [5.41, 5.74) is 4.01. The summed E-state index contributed by atoms with van der Waals surface area (Å²) in [6.45, 7) is 3.36. The number of nitrogens with one attached hydrogen (secondary N) is 1. The maximum absolute atomic E-state index is 11.4. The van der Waals surface area contributed by atoms with Crippen LogP contribution in [0.2, 0.25) is 0 Å². The first kappa shape index (κ1) is 15.1. The molecule has 0 saturated heterocycles. The van der Waals surface area contributed by atoms with Crippen molar-refractivity contribution < 1.29 is 9.53 Å². The summed E-state index contributed by atoms with van der Waals surface area (Å²) in [6, 6.07) is 7.65. The second-order valence-electron chi connectivity index (χ2n) is 4.74. The highest BCUT2D eigenvalue weighted by Crippen LogP contribution is 2.15. The number of hydrogen-bond donors (Lipinski definition) is 2.